The summed E-state index contributed by atoms with van der Waals surface area (Å²) in [6.45, 7) is 3.52. The number of hydrogen-bond acceptors (Lipinski definition) is 17. The molecule has 308 valence electrons. The minimum atomic E-state index is -5.02. The third-order valence-electron chi connectivity index (χ3n) is 8.46. The van der Waals surface area contributed by atoms with Crippen LogP contribution >= 0.6 is 0 Å². The summed E-state index contributed by atoms with van der Waals surface area (Å²) in [4.78, 5) is -1.93. The molecule has 0 fully saturated rings. The van der Waals surface area contributed by atoms with Crippen molar-refractivity contribution in [2.24, 2.45) is 40.9 Å². The first-order valence-electron chi connectivity index (χ1n) is 16.9. The molecule has 6 rings (SSSR count). The van der Waals surface area contributed by atoms with E-state index < -0.39 is 57.3 Å². The topological polar surface area (TPSA) is 317 Å². The van der Waals surface area contributed by atoms with Gasteiger partial charge in [-0.1, -0.05) is 6.07 Å². The van der Waals surface area contributed by atoms with Crippen molar-refractivity contribution < 1.29 is 48.8 Å². The molecule has 0 aliphatic heterocycles. The van der Waals surface area contributed by atoms with E-state index in [9.17, 15) is 44.0 Å². The van der Waals surface area contributed by atoms with Crippen LogP contribution in [-0.4, -0.2) is 51.1 Å². The Balaban J connectivity index is 1.17. The highest BCUT2D eigenvalue weighted by atomic mass is 32.2. The first kappa shape index (κ1) is 42.7. The molecule has 0 aliphatic carbocycles. The van der Waals surface area contributed by atoms with Gasteiger partial charge in [-0.05, 0) is 115 Å². The van der Waals surface area contributed by atoms with Gasteiger partial charge in [0.1, 0.15) is 26.9 Å². The Morgan fingerprint density at radius 2 is 1.02 bits per heavy atom. The fraction of sp³-hybridized carbons (Fsp3) is 0.0811. The summed E-state index contributed by atoms with van der Waals surface area (Å²) < 4.78 is 105. The van der Waals surface area contributed by atoms with Crippen molar-refractivity contribution in [1.82, 2.24) is 0 Å². The van der Waals surface area contributed by atoms with Gasteiger partial charge in [-0.3, -0.25) is 13.7 Å². The number of aromatic hydroxyl groups is 1. The number of azo groups is 4. The maximum atomic E-state index is 12.2. The number of rotatable bonds is 12. The quantitative estimate of drug-likeness (QED) is 0.0435. The smallest absolute Gasteiger partial charge is 0.296 e. The molecule has 0 atom stereocenters. The van der Waals surface area contributed by atoms with Gasteiger partial charge in [0.2, 0.25) is 0 Å². The molecule has 0 heterocycles. The predicted octanol–water partition coefficient (Wildman–Crippen LogP) is 10.2. The van der Waals surface area contributed by atoms with Crippen molar-refractivity contribution in [2.75, 3.05) is 12.8 Å². The normalized spacial score (nSPS) is 12.8. The number of ether oxygens (including phenoxy) is 1. The zero-order chi connectivity index (χ0) is 43.6. The number of fused-ring (bicyclic) bond motifs is 1. The minimum absolute atomic E-state index is 0.126. The third-order valence-corrected chi connectivity index (χ3v) is 11.1. The fourth-order valence-electron chi connectivity index (χ4n) is 5.50. The van der Waals surface area contributed by atoms with Crippen LogP contribution in [0.5, 0.6) is 11.5 Å². The Kier molecular flexibility index (Phi) is 11.9. The van der Waals surface area contributed by atoms with E-state index >= 15 is 0 Å². The Morgan fingerprint density at radius 3 is 1.57 bits per heavy atom. The summed E-state index contributed by atoms with van der Waals surface area (Å²) >= 11 is 0. The average Bonchev–Trinajstić information content (AvgIpc) is 3.18. The van der Waals surface area contributed by atoms with Gasteiger partial charge in [-0.15, -0.1) is 10.2 Å². The largest absolute Gasteiger partial charge is 0.505 e. The molecule has 0 radical (unpaired) electrons. The standard InChI is InChI=1S/C37H31N9O11S3/c1-20-14-25(42-46-36-35(60(54,55)56)16-22-15-34(59(51,52)53)29(38)19-28(22)37(36)47)8-10-30(20)43-41-24-7-11-31(21(2)13-24)44-45-32-12-9-26(18-33(32)57-3)40-39-23-5-4-6-27(17-23)58(48,49)50/h4-19,47H,38H2,1-3H3,(H,48,49,50)(H,51,52,53)(H,54,55,56). The second kappa shape index (κ2) is 16.8. The Morgan fingerprint density at radius 1 is 0.533 bits per heavy atom. The molecule has 0 aromatic heterocycles. The number of anilines is 1. The molecule has 0 unspecified atom stereocenters. The molecule has 60 heavy (non-hydrogen) atoms. The van der Waals surface area contributed by atoms with E-state index in [0.29, 0.717) is 39.7 Å². The average molecular weight is 874 g/mol. The Hall–Kier alpha value is -6.89. The minimum Gasteiger partial charge on any atom is -0.505 e. The zero-order valence-electron chi connectivity index (χ0n) is 31.3. The molecule has 0 spiro atoms. The van der Waals surface area contributed by atoms with E-state index in [0.717, 1.165) is 23.8 Å². The molecule has 0 bridgehead atoms. The van der Waals surface area contributed by atoms with Crippen molar-refractivity contribution in [3.63, 3.8) is 0 Å². The van der Waals surface area contributed by atoms with Crippen LogP contribution < -0.4 is 10.5 Å². The van der Waals surface area contributed by atoms with Gasteiger partial charge in [0.25, 0.3) is 30.4 Å². The maximum Gasteiger partial charge on any atom is 0.296 e. The highest BCUT2D eigenvalue weighted by molar-refractivity contribution is 7.86. The van der Waals surface area contributed by atoms with E-state index in [1.165, 1.54) is 37.4 Å². The Bertz CT molecular complexity index is 3170. The summed E-state index contributed by atoms with van der Waals surface area (Å²) in [6.07, 6.45) is 0. The number of aryl methyl sites for hydroxylation is 2. The highest BCUT2D eigenvalue weighted by Crippen LogP contribution is 2.43. The number of hydrogen-bond donors (Lipinski definition) is 5. The summed E-state index contributed by atoms with van der Waals surface area (Å²) in [5, 5.41) is 43.9. The molecular formula is C37H31N9O11S3. The van der Waals surface area contributed by atoms with Gasteiger partial charge in [0.15, 0.2) is 5.75 Å². The lowest BCUT2D eigenvalue weighted by molar-refractivity contribution is 0.416. The molecule has 23 heteroatoms. The zero-order valence-corrected chi connectivity index (χ0v) is 33.7. The van der Waals surface area contributed by atoms with Crippen LogP contribution in [0.4, 0.5) is 51.2 Å². The maximum absolute atomic E-state index is 12.2. The van der Waals surface area contributed by atoms with Crippen molar-refractivity contribution in [3.05, 3.63) is 108 Å². The molecule has 6 N–H and O–H groups in total. The number of nitrogens with two attached hydrogens (primary N) is 1. The van der Waals surface area contributed by atoms with Crippen LogP contribution in [0.3, 0.4) is 0 Å². The summed E-state index contributed by atoms with van der Waals surface area (Å²) in [6, 6.07) is 22.6. The lowest BCUT2D eigenvalue weighted by Crippen LogP contribution is -2.04. The van der Waals surface area contributed by atoms with Crippen LogP contribution in [0.2, 0.25) is 0 Å². The van der Waals surface area contributed by atoms with Gasteiger partial charge in [0.05, 0.1) is 51.8 Å². The predicted molar refractivity (Wildman–Crippen MR) is 218 cm³/mol. The van der Waals surface area contributed by atoms with E-state index in [-0.39, 0.29) is 27.0 Å². The molecule has 6 aromatic rings. The van der Waals surface area contributed by atoms with Crippen molar-refractivity contribution in [1.29, 1.82) is 0 Å². The number of nitrogens with zero attached hydrogens (tertiary/aromatic N) is 8. The van der Waals surface area contributed by atoms with E-state index in [2.05, 4.69) is 40.9 Å². The lowest BCUT2D eigenvalue weighted by Gasteiger charge is -2.11. The molecule has 0 amide bonds. The summed E-state index contributed by atoms with van der Waals surface area (Å²) in [7, 11) is -12.8. The number of nitrogen functional groups attached to an aromatic ring is 1. The molecule has 0 aliphatic rings. The van der Waals surface area contributed by atoms with Crippen LogP contribution in [0.25, 0.3) is 10.8 Å². The first-order valence-corrected chi connectivity index (χ1v) is 21.2. The van der Waals surface area contributed by atoms with E-state index in [1.54, 1.807) is 55.5 Å². The van der Waals surface area contributed by atoms with Gasteiger partial charge in [-0.25, -0.2) is 0 Å². The van der Waals surface area contributed by atoms with Crippen molar-refractivity contribution in [2.45, 2.75) is 28.5 Å². The van der Waals surface area contributed by atoms with E-state index in [4.69, 9.17) is 10.5 Å². The van der Waals surface area contributed by atoms with Gasteiger partial charge < -0.3 is 15.6 Å². The van der Waals surface area contributed by atoms with Gasteiger partial charge in [-0.2, -0.15) is 55.9 Å². The summed E-state index contributed by atoms with van der Waals surface area (Å²) in [5.41, 5.74) is 8.65. The number of phenols is 1. The molecule has 6 aromatic carbocycles. The van der Waals surface area contributed by atoms with Crippen LogP contribution in [0.15, 0.2) is 153 Å². The molecular weight excluding hydrogens is 843 g/mol. The third kappa shape index (κ3) is 9.86. The second-order valence-corrected chi connectivity index (χ2v) is 16.9. The molecule has 0 saturated carbocycles. The first-order chi connectivity index (χ1) is 28.2. The van der Waals surface area contributed by atoms with Gasteiger partial charge in [0, 0.05) is 11.5 Å². The monoisotopic (exact) mass is 873 g/mol. The second-order valence-electron chi connectivity index (χ2n) is 12.7. The van der Waals surface area contributed by atoms with Crippen molar-refractivity contribution >= 4 is 92.3 Å². The number of phenolic OH excluding ortho intramolecular Hbond substituents is 1. The van der Waals surface area contributed by atoms with Crippen LogP contribution in [0, 0.1) is 13.8 Å². The van der Waals surface area contributed by atoms with Crippen LogP contribution in [0.1, 0.15) is 11.1 Å². The van der Waals surface area contributed by atoms with Gasteiger partial charge >= 0.3 is 0 Å². The Labute approximate surface area is 341 Å². The highest BCUT2D eigenvalue weighted by Gasteiger charge is 2.24. The number of benzene rings is 6. The SMILES string of the molecule is COc1cc(N=Nc2cccc(S(=O)(=O)O)c2)ccc1N=Nc1ccc(N=Nc2ccc(N=Nc3c(S(=O)(=O)O)cc4cc(S(=O)(=O)O)c(N)cc4c3O)cc2C)cc1C. The summed E-state index contributed by atoms with van der Waals surface area (Å²) in [5.74, 6) is -0.435. The lowest BCUT2D eigenvalue weighted by atomic mass is 10.1. The fourth-order valence-corrected chi connectivity index (χ4v) is 7.31. The number of methoxy groups -OCH3 is 1. The van der Waals surface area contributed by atoms with E-state index in [1.807, 2.05) is 6.92 Å². The molecule has 0 saturated heterocycles. The molecule has 20 nitrogen and oxygen atoms in total. The van der Waals surface area contributed by atoms with Crippen molar-refractivity contribution in [3.8, 4) is 11.5 Å². The van der Waals surface area contributed by atoms with Crippen LogP contribution in [-0.2, 0) is 30.4 Å².